The van der Waals surface area contributed by atoms with Crippen LogP contribution in [-0.4, -0.2) is 36.7 Å². The second-order valence-electron chi connectivity index (χ2n) is 5.95. The van der Waals surface area contributed by atoms with Crippen molar-refractivity contribution in [2.75, 3.05) is 18.4 Å². The molecule has 2 aromatic rings. The topological polar surface area (TPSA) is 79.4 Å². The van der Waals surface area contributed by atoms with E-state index in [0.717, 1.165) is 30.0 Å². The summed E-state index contributed by atoms with van der Waals surface area (Å²) >= 11 is 1.55. The third kappa shape index (κ3) is 4.26. The van der Waals surface area contributed by atoms with Crippen LogP contribution in [0.1, 0.15) is 30.5 Å². The zero-order chi connectivity index (χ0) is 17.9. The number of benzene rings is 1. The van der Waals surface area contributed by atoms with E-state index in [4.69, 9.17) is 0 Å². The highest BCUT2D eigenvalue weighted by Crippen LogP contribution is 2.22. The van der Waals surface area contributed by atoms with Crippen LogP contribution in [-0.2, 0) is 27.7 Å². The molecule has 1 N–H and O–H groups in total. The Morgan fingerprint density at radius 1 is 1.24 bits per heavy atom. The van der Waals surface area contributed by atoms with Gasteiger partial charge in [0, 0.05) is 24.2 Å². The number of anilines is 1. The standard InChI is InChI=1S/C17H21N3O3S2/c1-2-17-19-14(12-24-17)11-16(21)18-13-5-7-15(8-6-13)25(22,23)20-9-3-4-10-20/h5-8,12H,2-4,9-11H2,1H3,(H,18,21). The molecule has 0 radical (unpaired) electrons. The highest BCUT2D eigenvalue weighted by Gasteiger charge is 2.26. The summed E-state index contributed by atoms with van der Waals surface area (Å²) in [7, 11) is -3.42. The maximum Gasteiger partial charge on any atom is 0.243 e. The third-order valence-electron chi connectivity index (χ3n) is 4.08. The minimum absolute atomic E-state index is 0.164. The predicted molar refractivity (Wildman–Crippen MR) is 98.3 cm³/mol. The van der Waals surface area contributed by atoms with Crippen molar-refractivity contribution in [3.8, 4) is 0 Å². The summed E-state index contributed by atoms with van der Waals surface area (Å²) in [5.74, 6) is -0.164. The molecule has 1 aromatic carbocycles. The van der Waals surface area contributed by atoms with E-state index in [9.17, 15) is 13.2 Å². The molecular weight excluding hydrogens is 358 g/mol. The number of hydrogen-bond donors (Lipinski definition) is 1. The molecule has 1 fully saturated rings. The maximum atomic E-state index is 12.5. The quantitative estimate of drug-likeness (QED) is 0.837. The van der Waals surface area contributed by atoms with E-state index < -0.39 is 10.0 Å². The van der Waals surface area contributed by atoms with Gasteiger partial charge in [0.15, 0.2) is 0 Å². The van der Waals surface area contributed by atoms with Crippen LogP contribution in [0.25, 0.3) is 0 Å². The third-order valence-corrected chi connectivity index (χ3v) is 7.04. The Labute approximate surface area is 151 Å². The molecule has 134 valence electrons. The maximum absolute atomic E-state index is 12.5. The Bertz CT molecular complexity index is 838. The van der Waals surface area contributed by atoms with Crippen molar-refractivity contribution in [1.82, 2.24) is 9.29 Å². The first-order chi connectivity index (χ1) is 12.0. The molecule has 6 nitrogen and oxygen atoms in total. The summed E-state index contributed by atoms with van der Waals surface area (Å²) in [4.78, 5) is 16.7. The molecule has 1 aliphatic heterocycles. The number of amides is 1. The number of aromatic nitrogens is 1. The number of nitrogens with one attached hydrogen (secondary N) is 1. The van der Waals surface area contributed by atoms with Gasteiger partial charge in [0.25, 0.3) is 0 Å². The fourth-order valence-electron chi connectivity index (χ4n) is 2.75. The summed E-state index contributed by atoms with van der Waals surface area (Å²) in [6.45, 7) is 3.18. The molecule has 0 unspecified atom stereocenters. The second kappa shape index (κ2) is 7.63. The lowest BCUT2D eigenvalue weighted by molar-refractivity contribution is -0.115. The Morgan fingerprint density at radius 2 is 1.92 bits per heavy atom. The van der Waals surface area contributed by atoms with Gasteiger partial charge in [-0.05, 0) is 43.5 Å². The normalized spacial score (nSPS) is 15.4. The van der Waals surface area contributed by atoms with Crippen molar-refractivity contribution >= 4 is 33.0 Å². The molecule has 8 heteroatoms. The molecule has 1 aromatic heterocycles. The van der Waals surface area contributed by atoms with Crippen LogP contribution >= 0.6 is 11.3 Å². The molecule has 0 aliphatic carbocycles. The number of carbonyl (C=O) groups excluding carboxylic acids is 1. The summed E-state index contributed by atoms with van der Waals surface area (Å²) in [5, 5.41) is 5.69. The first-order valence-electron chi connectivity index (χ1n) is 8.32. The number of aryl methyl sites for hydroxylation is 1. The molecule has 0 atom stereocenters. The fraction of sp³-hybridized carbons (Fsp3) is 0.412. The highest BCUT2D eigenvalue weighted by molar-refractivity contribution is 7.89. The Hall–Kier alpha value is -1.77. The van der Waals surface area contributed by atoms with E-state index >= 15 is 0 Å². The highest BCUT2D eigenvalue weighted by atomic mass is 32.2. The van der Waals surface area contributed by atoms with Crippen molar-refractivity contribution in [3.05, 3.63) is 40.3 Å². The van der Waals surface area contributed by atoms with Gasteiger partial charge >= 0.3 is 0 Å². The van der Waals surface area contributed by atoms with Crippen LogP contribution in [0, 0.1) is 0 Å². The van der Waals surface area contributed by atoms with Gasteiger partial charge in [-0.25, -0.2) is 13.4 Å². The molecule has 0 bridgehead atoms. The van der Waals surface area contributed by atoms with Crippen LogP contribution < -0.4 is 5.32 Å². The lowest BCUT2D eigenvalue weighted by atomic mass is 10.3. The molecule has 0 spiro atoms. The minimum Gasteiger partial charge on any atom is -0.326 e. The van der Waals surface area contributed by atoms with Crippen LogP contribution in [0.15, 0.2) is 34.5 Å². The molecule has 1 saturated heterocycles. The van der Waals surface area contributed by atoms with E-state index in [2.05, 4.69) is 10.3 Å². The van der Waals surface area contributed by atoms with E-state index in [1.165, 1.54) is 4.31 Å². The number of sulfonamides is 1. The summed E-state index contributed by atoms with van der Waals surface area (Å²) in [5.41, 5.74) is 1.34. The summed E-state index contributed by atoms with van der Waals surface area (Å²) in [6.07, 6.45) is 2.89. The first kappa shape index (κ1) is 18.0. The molecule has 1 amide bonds. The molecule has 2 heterocycles. The molecule has 1 aliphatic rings. The van der Waals surface area contributed by atoms with E-state index in [0.29, 0.717) is 18.8 Å². The van der Waals surface area contributed by atoms with Gasteiger partial charge in [0.1, 0.15) is 0 Å². The second-order valence-corrected chi connectivity index (χ2v) is 8.83. The Morgan fingerprint density at radius 3 is 2.52 bits per heavy atom. The average molecular weight is 380 g/mol. The molecule has 3 rings (SSSR count). The van der Waals surface area contributed by atoms with Crippen molar-refractivity contribution in [3.63, 3.8) is 0 Å². The Balaban J connectivity index is 1.63. The van der Waals surface area contributed by atoms with Crippen molar-refractivity contribution in [1.29, 1.82) is 0 Å². The SMILES string of the molecule is CCc1nc(CC(=O)Nc2ccc(S(=O)(=O)N3CCCC3)cc2)cs1. The smallest absolute Gasteiger partial charge is 0.243 e. The lowest BCUT2D eigenvalue weighted by Gasteiger charge is -2.15. The molecular formula is C17H21N3O3S2. The van der Waals surface area contributed by atoms with Crippen LogP contribution in [0.5, 0.6) is 0 Å². The number of nitrogens with zero attached hydrogens (tertiary/aromatic N) is 2. The van der Waals surface area contributed by atoms with E-state index in [-0.39, 0.29) is 17.2 Å². The molecule has 25 heavy (non-hydrogen) atoms. The predicted octanol–water partition coefficient (Wildman–Crippen LogP) is 2.67. The number of rotatable bonds is 6. The van der Waals surface area contributed by atoms with Crippen molar-refractivity contribution in [2.45, 2.75) is 37.5 Å². The van der Waals surface area contributed by atoms with Crippen LogP contribution in [0.4, 0.5) is 5.69 Å². The fourth-order valence-corrected chi connectivity index (χ4v) is 5.01. The summed E-state index contributed by atoms with van der Waals surface area (Å²) < 4.78 is 26.5. The van der Waals surface area contributed by atoms with Crippen LogP contribution in [0.3, 0.4) is 0 Å². The van der Waals surface area contributed by atoms with Crippen LogP contribution in [0.2, 0.25) is 0 Å². The molecule has 0 saturated carbocycles. The monoisotopic (exact) mass is 379 g/mol. The van der Waals surface area contributed by atoms with Crippen molar-refractivity contribution < 1.29 is 13.2 Å². The number of thiazole rings is 1. The van der Waals surface area contributed by atoms with E-state index in [1.54, 1.807) is 35.6 Å². The zero-order valence-electron chi connectivity index (χ0n) is 14.1. The van der Waals surface area contributed by atoms with Gasteiger partial charge in [-0.2, -0.15) is 4.31 Å². The van der Waals surface area contributed by atoms with E-state index in [1.807, 2.05) is 12.3 Å². The average Bonchev–Trinajstić information content (AvgIpc) is 3.27. The van der Waals surface area contributed by atoms with Gasteiger partial charge in [-0.3, -0.25) is 4.79 Å². The zero-order valence-corrected chi connectivity index (χ0v) is 15.7. The summed E-state index contributed by atoms with van der Waals surface area (Å²) in [6, 6.07) is 6.33. The van der Waals surface area contributed by atoms with Gasteiger partial charge < -0.3 is 5.32 Å². The van der Waals surface area contributed by atoms with Gasteiger partial charge in [-0.1, -0.05) is 6.92 Å². The Kier molecular flexibility index (Phi) is 5.51. The van der Waals surface area contributed by atoms with Gasteiger partial charge in [-0.15, -0.1) is 11.3 Å². The minimum atomic E-state index is -3.42. The lowest BCUT2D eigenvalue weighted by Crippen LogP contribution is -2.27. The number of hydrogen-bond acceptors (Lipinski definition) is 5. The number of carbonyl (C=O) groups is 1. The van der Waals surface area contributed by atoms with Crippen molar-refractivity contribution in [2.24, 2.45) is 0 Å². The largest absolute Gasteiger partial charge is 0.326 e. The van der Waals surface area contributed by atoms with Gasteiger partial charge in [0.05, 0.1) is 22.0 Å². The van der Waals surface area contributed by atoms with Gasteiger partial charge in [0.2, 0.25) is 15.9 Å². The first-order valence-corrected chi connectivity index (χ1v) is 10.6.